The first-order valence-corrected chi connectivity index (χ1v) is 8.16. The zero-order chi connectivity index (χ0) is 14.7. The topological polar surface area (TPSA) is 47.0 Å². The molecule has 21 heavy (non-hydrogen) atoms. The van der Waals surface area contributed by atoms with Gasteiger partial charge in [0.1, 0.15) is 11.6 Å². The van der Waals surface area contributed by atoms with Gasteiger partial charge in [0.05, 0.1) is 29.7 Å². The Morgan fingerprint density at radius 3 is 3.00 bits per heavy atom. The molecule has 1 aliphatic rings. The molecular formula is C15H16ClN3OS. The number of benzene rings is 1. The Balaban J connectivity index is 1.81. The summed E-state index contributed by atoms with van der Waals surface area (Å²) in [6.07, 6.45) is 0.844. The van der Waals surface area contributed by atoms with Crippen molar-refractivity contribution in [2.75, 3.05) is 19.0 Å². The van der Waals surface area contributed by atoms with Crippen molar-refractivity contribution < 1.29 is 4.74 Å². The van der Waals surface area contributed by atoms with Gasteiger partial charge in [0, 0.05) is 23.9 Å². The van der Waals surface area contributed by atoms with E-state index in [1.807, 2.05) is 31.3 Å². The van der Waals surface area contributed by atoms with Crippen LogP contribution in [0.5, 0.6) is 0 Å². The van der Waals surface area contributed by atoms with E-state index in [-0.39, 0.29) is 0 Å². The second-order valence-electron chi connectivity index (χ2n) is 4.69. The quantitative estimate of drug-likeness (QED) is 0.873. The van der Waals surface area contributed by atoms with E-state index in [0.29, 0.717) is 12.4 Å². The highest BCUT2D eigenvalue weighted by atomic mass is 35.5. The van der Waals surface area contributed by atoms with E-state index in [1.165, 1.54) is 0 Å². The Morgan fingerprint density at radius 1 is 1.33 bits per heavy atom. The first kappa shape index (κ1) is 14.6. The lowest BCUT2D eigenvalue weighted by atomic mass is 10.1. The minimum atomic E-state index is 0.587. The SMILES string of the molecule is CNc1nc(CSc2ccccc2Cl)nc2c1COCC2. The number of fused-ring (bicyclic) bond motifs is 1. The maximum atomic E-state index is 6.17. The Morgan fingerprint density at radius 2 is 2.19 bits per heavy atom. The first-order chi connectivity index (χ1) is 10.3. The molecule has 1 aromatic carbocycles. The van der Waals surface area contributed by atoms with Crippen molar-refractivity contribution in [1.82, 2.24) is 9.97 Å². The third kappa shape index (κ3) is 3.31. The summed E-state index contributed by atoms with van der Waals surface area (Å²) in [4.78, 5) is 10.3. The summed E-state index contributed by atoms with van der Waals surface area (Å²) in [5.74, 6) is 2.39. The fourth-order valence-electron chi connectivity index (χ4n) is 2.26. The van der Waals surface area contributed by atoms with Gasteiger partial charge in [-0.2, -0.15) is 0 Å². The fourth-order valence-corrected chi connectivity index (χ4v) is 3.35. The molecule has 0 amide bonds. The van der Waals surface area contributed by atoms with Crippen LogP contribution in [0.15, 0.2) is 29.2 Å². The highest BCUT2D eigenvalue weighted by Gasteiger charge is 2.17. The van der Waals surface area contributed by atoms with Gasteiger partial charge >= 0.3 is 0 Å². The molecule has 0 aliphatic carbocycles. The van der Waals surface area contributed by atoms with Crippen LogP contribution in [0.25, 0.3) is 0 Å². The van der Waals surface area contributed by atoms with Gasteiger partial charge in [0.25, 0.3) is 0 Å². The molecule has 0 spiro atoms. The molecule has 110 valence electrons. The average molecular weight is 322 g/mol. The summed E-state index contributed by atoms with van der Waals surface area (Å²) in [6, 6.07) is 7.82. The summed E-state index contributed by atoms with van der Waals surface area (Å²) in [5.41, 5.74) is 2.17. The summed E-state index contributed by atoms with van der Waals surface area (Å²) < 4.78 is 5.48. The van der Waals surface area contributed by atoms with E-state index in [2.05, 4.69) is 15.3 Å². The molecule has 1 N–H and O–H groups in total. The van der Waals surface area contributed by atoms with Crippen LogP contribution in [0.1, 0.15) is 17.1 Å². The molecule has 0 bridgehead atoms. The molecule has 0 saturated carbocycles. The lowest BCUT2D eigenvalue weighted by Crippen LogP contribution is -2.16. The third-order valence-corrected chi connectivity index (χ3v) is 4.81. The molecule has 2 heterocycles. The minimum absolute atomic E-state index is 0.587. The molecule has 1 aromatic heterocycles. The van der Waals surface area contributed by atoms with E-state index in [0.717, 1.165) is 45.8 Å². The Labute approximate surface area is 133 Å². The molecule has 6 heteroatoms. The number of thioether (sulfide) groups is 1. The van der Waals surface area contributed by atoms with Crippen LogP contribution in [0.2, 0.25) is 5.02 Å². The standard InChI is InChI=1S/C15H16ClN3OS/c1-17-15-10-8-20-7-6-12(10)18-14(19-15)9-21-13-5-3-2-4-11(13)16/h2-5H,6-9H2,1H3,(H,17,18,19). The first-order valence-electron chi connectivity index (χ1n) is 6.79. The summed E-state index contributed by atoms with van der Waals surface area (Å²) in [5, 5.41) is 3.91. The molecule has 0 unspecified atom stereocenters. The van der Waals surface area contributed by atoms with Gasteiger partial charge in [-0.15, -0.1) is 11.8 Å². The summed E-state index contributed by atoms with van der Waals surface area (Å²) in [6.45, 7) is 1.31. The summed E-state index contributed by atoms with van der Waals surface area (Å²) in [7, 11) is 1.88. The predicted molar refractivity (Wildman–Crippen MR) is 86.0 cm³/mol. The molecule has 1 aliphatic heterocycles. The number of hydrogen-bond acceptors (Lipinski definition) is 5. The van der Waals surface area contributed by atoms with E-state index < -0.39 is 0 Å². The highest BCUT2D eigenvalue weighted by molar-refractivity contribution is 7.98. The Hall–Kier alpha value is -1.30. The van der Waals surface area contributed by atoms with E-state index >= 15 is 0 Å². The largest absolute Gasteiger partial charge is 0.376 e. The van der Waals surface area contributed by atoms with Crippen molar-refractivity contribution in [1.29, 1.82) is 0 Å². The number of anilines is 1. The number of hydrogen-bond donors (Lipinski definition) is 1. The predicted octanol–water partition coefficient (Wildman–Crippen LogP) is 3.54. The number of aromatic nitrogens is 2. The number of halogens is 1. The molecule has 0 fully saturated rings. The van der Waals surface area contributed by atoms with Crippen LogP contribution in [-0.4, -0.2) is 23.6 Å². The van der Waals surface area contributed by atoms with Crippen LogP contribution >= 0.6 is 23.4 Å². The average Bonchev–Trinajstić information content (AvgIpc) is 2.53. The van der Waals surface area contributed by atoms with E-state index in [9.17, 15) is 0 Å². The van der Waals surface area contributed by atoms with Crippen LogP contribution in [0.4, 0.5) is 5.82 Å². The number of nitrogens with one attached hydrogen (secondary N) is 1. The van der Waals surface area contributed by atoms with Crippen LogP contribution < -0.4 is 5.32 Å². The maximum Gasteiger partial charge on any atom is 0.141 e. The lowest BCUT2D eigenvalue weighted by Gasteiger charge is -2.19. The second kappa shape index (κ2) is 6.64. The zero-order valence-electron chi connectivity index (χ0n) is 11.7. The zero-order valence-corrected chi connectivity index (χ0v) is 13.3. The molecule has 3 rings (SSSR count). The maximum absolute atomic E-state index is 6.17. The number of rotatable bonds is 4. The van der Waals surface area contributed by atoms with Gasteiger partial charge < -0.3 is 10.1 Å². The summed E-state index contributed by atoms with van der Waals surface area (Å²) >= 11 is 7.83. The monoisotopic (exact) mass is 321 g/mol. The number of ether oxygens (including phenoxy) is 1. The lowest BCUT2D eigenvalue weighted by molar-refractivity contribution is 0.109. The van der Waals surface area contributed by atoms with Crippen molar-refractivity contribution in [2.45, 2.75) is 23.7 Å². The van der Waals surface area contributed by atoms with Gasteiger partial charge in [-0.1, -0.05) is 23.7 Å². The van der Waals surface area contributed by atoms with Crippen LogP contribution in [-0.2, 0) is 23.5 Å². The van der Waals surface area contributed by atoms with Gasteiger partial charge in [0.15, 0.2) is 0 Å². The molecule has 0 saturated heterocycles. The Bertz CT molecular complexity index is 634. The second-order valence-corrected chi connectivity index (χ2v) is 6.11. The van der Waals surface area contributed by atoms with Crippen LogP contribution in [0.3, 0.4) is 0 Å². The molecule has 0 radical (unpaired) electrons. The van der Waals surface area contributed by atoms with Gasteiger partial charge in [-0.05, 0) is 12.1 Å². The highest BCUT2D eigenvalue weighted by Crippen LogP contribution is 2.30. The van der Waals surface area contributed by atoms with Gasteiger partial charge in [-0.25, -0.2) is 9.97 Å². The molecular weight excluding hydrogens is 306 g/mol. The third-order valence-electron chi connectivity index (χ3n) is 3.30. The Kier molecular flexibility index (Phi) is 4.63. The van der Waals surface area contributed by atoms with Gasteiger partial charge in [0.2, 0.25) is 0 Å². The molecule has 4 nitrogen and oxygen atoms in total. The number of nitrogens with zero attached hydrogens (tertiary/aromatic N) is 2. The van der Waals surface area contributed by atoms with Crippen molar-refractivity contribution in [3.8, 4) is 0 Å². The van der Waals surface area contributed by atoms with Gasteiger partial charge in [-0.3, -0.25) is 0 Å². The van der Waals surface area contributed by atoms with Crippen LogP contribution in [0, 0.1) is 0 Å². The normalized spacial score (nSPS) is 13.8. The molecule has 0 atom stereocenters. The van der Waals surface area contributed by atoms with Crippen molar-refractivity contribution in [2.24, 2.45) is 0 Å². The van der Waals surface area contributed by atoms with Crippen molar-refractivity contribution >= 4 is 29.2 Å². The smallest absolute Gasteiger partial charge is 0.141 e. The molecule has 2 aromatic rings. The van der Waals surface area contributed by atoms with Crippen molar-refractivity contribution in [3.05, 3.63) is 46.4 Å². The minimum Gasteiger partial charge on any atom is -0.376 e. The fraction of sp³-hybridized carbons (Fsp3) is 0.333. The van der Waals surface area contributed by atoms with Crippen molar-refractivity contribution in [3.63, 3.8) is 0 Å². The van der Waals surface area contributed by atoms with E-state index in [4.69, 9.17) is 16.3 Å². The van der Waals surface area contributed by atoms with E-state index in [1.54, 1.807) is 11.8 Å².